The number of carbonyl (C=O) groups is 1. The molecule has 4 nitrogen and oxygen atoms in total. The van der Waals surface area contributed by atoms with Gasteiger partial charge in [-0.15, -0.1) is 0 Å². The molecule has 3 rings (SSSR count). The summed E-state index contributed by atoms with van der Waals surface area (Å²) in [5.41, 5.74) is 2.87. The Morgan fingerprint density at radius 3 is 2.62 bits per heavy atom. The minimum absolute atomic E-state index is 0.0264. The number of aliphatic imine (C=N–C) groups is 1. The Morgan fingerprint density at radius 2 is 1.96 bits per heavy atom. The lowest BCUT2D eigenvalue weighted by Crippen LogP contribution is -2.28. The lowest BCUT2D eigenvalue weighted by atomic mass is 10.1. The van der Waals surface area contributed by atoms with Crippen molar-refractivity contribution in [1.29, 1.82) is 0 Å². The Morgan fingerprint density at radius 1 is 1.21 bits per heavy atom. The lowest BCUT2D eigenvalue weighted by molar-refractivity contribution is -0.122. The normalized spacial score (nSPS) is 17.9. The SMILES string of the molecule is CCN1C(=O)/C(=C/c2cccc(C)c2)SC1=Nc1ccc(O)cc1. The van der Waals surface area contributed by atoms with Crippen molar-refractivity contribution in [2.75, 3.05) is 6.54 Å². The van der Waals surface area contributed by atoms with Crippen LogP contribution in [0.2, 0.25) is 0 Å². The van der Waals surface area contributed by atoms with Gasteiger partial charge in [-0.05, 0) is 61.5 Å². The number of rotatable bonds is 3. The molecule has 0 unspecified atom stereocenters. The van der Waals surface area contributed by atoms with Gasteiger partial charge in [0.05, 0.1) is 10.6 Å². The summed E-state index contributed by atoms with van der Waals surface area (Å²) in [6.07, 6.45) is 1.90. The lowest BCUT2D eigenvalue weighted by Gasteiger charge is -2.11. The van der Waals surface area contributed by atoms with E-state index in [4.69, 9.17) is 0 Å². The third-order valence-corrected chi connectivity index (χ3v) is 4.63. The van der Waals surface area contributed by atoms with Gasteiger partial charge in [0.2, 0.25) is 0 Å². The summed E-state index contributed by atoms with van der Waals surface area (Å²) in [6, 6.07) is 14.7. The van der Waals surface area contributed by atoms with Crippen LogP contribution >= 0.6 is 11.8 Å². The molecular formula is C19H18N2O2S. The van der Waals surface area contributed by atoms with Crippen molar-refractivity contribution in [3.05, 3.63) is 64.6 Å². The van der Waals surface area contributed by atoms with Crippen LogP contribution in [-0.2, 0) is 4.79 Å². The molecule has 1 amide bonds. The van der Waals surface area contributed by atoms with Crippen LogP contribution in [0.1, 0.15) is 18.1 Å². The molecule has 0 saturated carbocycles. The molecule has 0 aromatic heterocycles. The highest BCUT2D eigenvalue weighted by Crippen LogP contribution is 2.34. The van der Waals surface area contributed by atoms with E-state index in [1.54, 1.807) is 29.2 Å². The van der Waals surface area contributed by atoms with E-state index in [1.165, 1.54) is 11.8 Å². The topological polar surface area (TPSA) is 52.9 Å². The highest BCUT2D eigenvalue weighted by molar-refractivity contribution is 8.18. The molecule has 122 valence electrons. The Labute approximate surface area is 145 Å². The number of thioether (sulfide) groups is 1. The average molecular weight is 338 g/mol. The molecule has 1 heterocycles. The summed E-state index contributed by atoms with van der Waals surface area (Å²) in [7, 11) is 0. The highest BCUT2D eigenvalue weighted by Gasteiger charge is 2.32. The van der Waals surface area contributed by atoms with Crippen LogP contribution in [-0.4, -0.2) is 27.6 Å². The molecule has 5 heteroatoms. The Hall–Kier alpha value is -2.53. The van der Waals surface area contributed by atoms with Crippen LogP contribution in [0, 0.1) is 6.92 Å². The highest BCUT2D eigenvalue weighted by atomic mass is 32.2. The number of amidine groups is 1. The molecule has 1 aliphatic rings. The maximum absolute atomic E-state index is 12.6. The molecule has 0 bridgehead atoms. The van der Waals surface area contributed by atoms with Crippen LogP contribution < -0.4 is 0 Å². The number of likely N-dealkylation sites (N-methyl/N-ethyl adjacent to an activating group) is 1. The summed E-state index contributed by atoms with van der Waals surface area (Å²) in [5, 5.41) is 10.0. The number of benzene rings is 2. The van der Waals surface area contributed by atoms with Crippen molar-refractivity contribution in [2.24, 2.45) is 4.99 Å². The average Bonchev–Trinajstić information content (AvgIpc) is 2.84. The molecule has 1 saturated heterocycles. The van der Waals surface area contributed by atoms with Gasteiger partial charge in [-0.2, -0.15) is 0 Å². The molecule has 2 aromatic rings. The summed E-state index contributed by atoms with van der Waals surface area (Å²) >= 11 is 1.38. The predicted molar refractivity (Wildman–Crippen MR) is 99.3 cm³/mol. The number of hydrogen-bond acceptors (Lipinski definition) is 4. The summed E-state index contributed by atoms with van der Waals surface area (Å²) in [5.74, 6) is 0.169. The van der Waals surface area contributed by atoms with Gasteiger partial charge >= 0.3 is 0 Å². The number of phenols is 1. The number of hydrogen-bond donors (Lipinski definition) is 1. The van der Waals surface area contributed by atoms with Gasteiger partial charge in [0.1, 0.15) is 5.75 Å². The smallest absolute Gasteiger partial charge is 0.266 e. The quantitative estimate of drug-likeness (QED) is 0.848. The number of phenolic OH excluding ortho intramolecular Hbond substituents is 1. The second kappa shape index (κ2) is 6.93. The van der Waals surface area contributed by atoms with E-state index >= 15 is 0 Å². The fourth-order valence-electron chi connectivity index (χ4n) is 2.42. The molecule has 0 atom stereocenters. The van der Waals surface area contributed by atoms with Gasteiger partial charge in [0.25, 0.3) is 5.91 Å². The molecule has 24 heavy (non-hydrogen) atoms. The van der Waals surface area contributed by atoms with E-state index in [-0.39, 0.29) is 11.7 Å². The van der Waals surface area contributed by atoms with Crippen LogP contribution in [0.4, 0.5) is 5.69 Å². The fourth-order valence-corrected chi connectivity index (χ4v) is 3.48. The van der Waals surface area contributed by atoms with E-state index in [0.717, 1.165) is 11.1 Å². The zero-order valence-corrected chi connectivity index (χ0v) is 14.4. The van der Waals surface area contributed by atoms with Crippen LogP contribution in [0.5, 0.6) is 5.75 Å². The minimum atomic E-state index is -0.0264. The van der Waals surface area contributed by atoms with Gasteiger partial charge in [0, 0.05) is 6.54 Å². The Bertz CT molecular complexity index is 826. The van der Waals surface area contributed by atoms with Gasteiger partial charge in [-0.25, -0.2) is 4.99 Å². The third kappa shape index (κ3) is 3.51. The van der Waals surface area contributed by atoms with Crippen molar-refractivity contribution in [1.82, 2.24) is 4.90 Å². The number of aromatic hydroxyl groups is 1. The van der Waals surface area contributed by atoms with Gasteiger partial charge in [-0.1, -0.05) is 29.8 Å². The number of nitrogens with zero attached hydrogens (tertiary/aromatic N) is 2. The van der Waals surface area contributed by atoms with Crippen LogP contribution in [0.3, 0.4) is 0 Å². The van der Waals surface area contributed by atoms with Gasteiger partial charge in [0.15, 0.2) is 5.17 Å². The van der Waals surface area contributed by atoms with Crippen molar-refractivity contribution in [3.63, 3.8) is 0 Å². The van der Waals surface area contributed by atoms with Gasteiger partial charge in [-0.3, -0.25) is 9.69 Å². The van der Waals surface area contributed by atoms with Gasteiger partial charge < -0.3 is 5.11 Å². The van der Waals surface area contributed by atoms with E-state index < -0.39 is 0 Å². The summed E-state index contributed by atoms with van der Waals surface area (Å²) in [6.45, 7) is 4.52. The first-order chi connectivity index (χ1) is 11.6. The molecular weight excluding hydrogens is 320 g/mol. The number of carbonyl (C=O) groups excluding carboxylic acids is 1. The first-order valence-electron chi connectivity index (χ1n) is 7.72. The van der Waals surface area contributed by atoms with E-state index in [0.29, 0.717) is 22.3 Å². The maximum Gasteiger partial charge on any atom is 0.266 e. The monoisotopic (exact) mass is 338 g/mol. The molecule has 1 N–H and O–H groups in total. The zero-order valence-electron chi connectivity index (χ0n) is 13.6. The summed E-state index contributed by atoms with van der Waals surface area (Å²) < 4.78 is 0. The Kier molecular flexibility index (Phi) is 4.71. The second-order valence-electron chi connectivity index (χ2n) is 5.48. The molecule has 1 fully saturated rings. The predicted octanol–water partition coefficient (Wildman–Crippen LogP) is 4.32. The number of aryl methyl sites for hydroxylation is 1. The molecule has 1 aliphatic heterocycles. The van der Waals surface area contributed by atoms with E-state index in [9.17, 15) is 9.90 Å². The van der Waals surface area contributed by atoms with Crippen molar-refractivity contribution in [3.8, 4) is 5.75 Å². The first-order valence-corrected chi connectivity index (χ1v) is 8.54. The largest absolute Gasteiger partial charge is 0.508 e. The summed E-state index contributed by atoms with van der Waals surface area (Å²) in [4.78, 5) is 19.5. The third-order valence-electron chi connectivity index (χ3n) is 3.62. The maximum atomic E-state index is 12.6. The van der Waals surface area contributed by atoms with Crippen molar-refractivity contribution >= 4 is 34.6 Å². The molecule has 0 spiro atoms. The molecule has 0 radical (unpaired) electrons. The second-order valence-corrected chi connectivity index (χ2v) is 6.49. The molecule has 2 aromatic carbocycles. The van der Waals surface area contributed by atoms with Crippen molar-refractivity contribution in [2.45, 2.75) is 13.8 Å². The number of amides is 1. The standard InChI is InChI=1S/C19H18N2O2S/c1-3-21-18(23)17(12-14-6-4-5-13(2)11-14)24-19(21)20-15-7-9-16(22)10-8-15/h4-12,22H,3H2,1-2H3/b17-12-,20-19?. The first kappa shape index (κ1) is 16.3. The van der Waals surface area contributed by atoms with E-state index in [1.807, 2.05) is 44.2 Å². The van der Waals surface area contributed by atoms with Crippen LogP contribution in [0.25, 0.3) is 6.08 Å². The minimum Gasteiger partial charge on any atom is -0.508 e. The molecule has 0 aliphatic carbocycles. The van der Waals surface area contributed by atoms with E-state index in [2.05, 4.69) is 4.99 Å². The zero-order chi connectivity index (χ0) is 17.1. The Balaban J connectivity index is 1.92. The van der Waals surface area contributed by atoms with Crippen LogP contribution in [0.15, 0.2) is 58.4 Å². The van der Waals surface area contributed by atoms with Crippen molar-refractivity contribution < 1.29 is 9.90 Å². The fraction of sp³-hybridized carbons (Fsp3) is 0.158.